The topological polar surface area (TPSA) is 84.9 Å². The van der Waals surface area contributed by atoms with E-state index >= 15 is 0 Å². The normalized spacial score (nSPS) is 15.6. The molecule has 184 valence electrons. The predicted molar refractivity (Wildman–Crippen MR) is 140 cm³/mol. The third-order valence-corrected chi connectivity index (χ3v) is 6.65. The van der Waals surface area contributed by atoms with Crippen LogP contribution in [0.1, 0.15) is 34.5 Å². The number of benzene rings is 3. The molecule has 0 aromatic heterocycles. The minimum atomic E-state index is -0.171. The lowest BCUT2D eigenvalue weighted by atomic mass is 9.99. The van der Waals surface area contributed by atoms with Gasteiger partial charge in [0.15, 0.2) is 0 Å². The summed E-state index contributed by atoms with van der Waals surface area (Å²) < 4.78 is 0. The van der Waals surface area contributed by atoms with Gasteiger partial charge in [-0.25, -0.2) is 0 Å². The largest absolute Gasteiger partial charge is 0.395 e. The molecule has 1 heterocycles. The maximum atomic E-state index is 13.2. The number of hydrogen-bond acceptors (Lipinski definition) is 5. The summed E-state index contributed by atoms with van der Waals surface area (Å²) in [5.41, 5.74) is 3.08. The molecule has 35 heavy (non-hydrogen) atoms. The van der Waals surface area contributed by atoms with Crippen LogP contribution in [-0.4, -0.2) is 72.6 Å². The van der Waals surface area contributed by atoms with E-state index in [1.54, 1.807) is 6.07 Å². The molecule has 0 spiro atoms. The van der Waals surface area contributed by atoms with E-state index in [4.69, 9.17) is 5.11 Å². The standard InChI is InChI=1S/C28H34N4O3/c1-20-10-11-23(30-27(34)19-32-14-12-31(13-15-32)16-17-33)18-26(20)28(35)29-21(2)24-9-5-7-22-6-3-4-8-25(22)24/h3-11,18,21,33H,12-17,19H2,1-2H3,(H,29,35)(H,30,34)/t21-/m1/s1. The van der Waals surface area contributed by atoms with Gasteiger partial charge in [-0.1, -0.05) is 48.5 Å². The summed E-state index contributed by atoms with van der Waals surface area (Å²) in [6.45, 7) is 8.30. The number of β-amino-alcohol motifs (C(OH)–C–C–N with tert-alkyl or cyclic N) is 1. The second-order valence-corrected chi connectivity index (χ2v) is 9.18. The van der Waals surface area contributed by atoms with Crippen molar-refractivity contribution < 1.29 is 14.7 Å². The van der Waals surface area contributed by atoms with Gasteiger partial charge >= 0.3 is 0 Å². The lowest BCUT2D eigenvalue weighted by molar-refractivity contribution is -0.117. The second kappa shape index (κ2) is 11.4. The number of aliphatic hydroxyl groups excluding tert-OH is 1. The number of rotatable bonds is 8. The van der Waals surface area contributed by atoms with Gasteiger partial charge in [0.1, 0.15) is 0 Å². The third kappa shape index (κ3) is 6.25. The van der Waals surface area contributed by atoms with Crippen molar-refractivity contribution in [1.29, 1.82) is 0 Å². The number of anilines is 1. The first-order valence-electron chi connectivity index (χ1n) is 12.2. The quantitative estimate of drug-likeness (QED) is 0.467. The van der Waals surface area contributed by atoms with Crippen molar-refractivity contribution in [2.75, 3.05) is 51.2 Å². The summed E-state index contributed by atoms with van der Waals surface area (Å²) in [6, 6.07) is 19.5. The molecule has 1 fully saturated rings. The van der Waals surface area contributed by atoms with Gasteiger partial charge in [-0.3, -0.25) is 19.4 Å². The Hall–Kier alpha value is -3.26. The predicted octanol–water partition coefficient (Wildman–Crippen LogP) is 3.19. The second-order valence-electron chi connectivity index (χ2n) is 9.18. The molecule has 3 aromatic carbocycles. The fourth-order valence-corrected chi connectivity index (χ4v) is 4.64. The number of amides is 2. The van der Waals surface area contributed by atoms with Crippen molar-refractivity contribution in [3.05, 3.63) is 77.4 Å². The number of aryl methyl sites for hydroxylation is 1. The highest BCUT2D eigenvalue weighted by Gasteiger charge is 2.20. The van der Waals surface area contributed by atoms with Crippen LogP contribution in [-0.2, 0) is 4.79 Å². The summed E-state index contributed by atoms with van der Waals surface area (Å²) >= 11 is 0. The van der Waals surface area contributed by atoms with Crippen molar-refractivity contribution in [3.63, 3.8) is 0 Å². The van der Waals surface area contributed by atoms with E-state index in [0.717, 1.165) is 48.1 Å². The van der Waals surface area contributed by atoms with Crippen LogP contribution in [0.5, 0.6) is 0 Å². The number of nitrogens with one attached hydrogen (secondary N) is 2. The van der Waals surface area contributed by atoms with Gasteiger partial charge in [0.2, 0.25) is 5.91 Å². The van der Waals surface area contributed by atoms with E-state index in [2.05, 4.69) is 38.6 Å². The fourth-order valence-electron chi connectivity index (χ4n) is 4.64. The van der Waals surface area contributed by atoms with Gasteiger partial charge in [0, 0.05) is 44.0 Å². The zero-order chi connectivity index (χ0) is 24.8. The molecular weight excluding hydrogens is 440 g/mol. The van der Waals surface area contributed by atoms with Gasteiger partial charge in [-0.15, -0.1) is 0 Å². The number of aliphatic hydroxyl groups is 1. The van der Waals surface area contributed by atoms with Crippen LogP contribution in [0.25, 0.3) is 10.8 Å². The Balaban J connectivity index is 1.38. The summed E-state index contributed by atoms with van der Waals surface area (Å²) in [7, 11) is 0. The molecule has 3 aromatic rings. The Morgan fingerprint density at radius 1 is 0.971 bits per heavy atom. The molecule has 1 atom stereocenters. The monoisotopic (exact) mass is 474 g/mol. The van der Waals surface area contributed by atoms with E-state index in [-0.39, 0.29) is 24.5 Å². The van der Waals surface area contributed by atoms with Crippen molar-refractivity contribution in [2.45, 2.75) is 19.9 Å². The van der Waals surface area contributed by atoms with E-state index in [0.29, 0.717) is 24.3 Å². The van der Waals surface area contributed by atoms with Gasteiger partial charge < -0.3 is 15.7 Å². The lowest BCUT2D eigenvalue weighted by Gasteiger charge is -2.33. The Bertz CT molecular complexity index is 1180. The first-order valence-corrected chi connectivity index (χ1v) is 12.2. The van der Waals surface area contributed by atoms with Crippen LogP contribution in [0.15, 0.2) is 60.7 Å². The summed E-state index contributed by atoms with van der Waals surface area (Å²) in [5, 5.41) is 17.4. The van der Waals surface area contributed by atoms with Gasteiger partial charge in [-0.2, -0.15) is 0 Å². The molecule has 1 aliphatic heterocycles. The molecule has 7 nitrogen and oxygen atoms in total. The summed E-state index contributed by atoms with van der Waals surface area (Å²) in [5.74, 6) is -0.265. The third-order valence-electron chi connectivity index (χ3n) is 6.65. The SMILES string of the molecule is Cc1ccc(NC(=O)CN2CCN(CCO)CC2)cc1C(=O)N[C@H](C)c1cccc2ccccc12. The molecule has 1 saturated heterocycles. The molecule has 3 N–H and O–H groups in total. The lowest BCUT2D eigenvalue weighted by Crippen LogP contribution is -2.49. The average molecular weight is 475 g/mol. The zero-order valence-corrected chi connectivity index (χ0v) is 20.5. The van der Waals surface area contributed by atoms with Gasteiger partial charge in [0.05, 0.1) is 19.2 Å². The Labute approximate surface area is 206 Å². The van der Waals surface area contributed by atoms with Crippen molar-refractivity contribution in [2.24, 2.45) is 0 Å². The number of carbonyl (C=O) groups excluding carboxylic acids is 2. The summed E-state index contributed by atoms with van der Waals surface area (Å²) in [4.78, 5) is 30.1. The number of fused-ring (bicyclic) bond motifs is 1. The molecule has 2 amide bonds. The number of piperazine rings is 1. The van der Waals surface area contributed by atoms with Crippen LogP contribution in [0, 0.1) is 6.92 Å². The van der Waals surface area contributed by atoms with Crippen LogP contribution in [0.2, 0.25) is 0 Å². The Kier molecular flexibility index (Phi) is 8.13. The molecule has 0 unspecified atom stereocenters. The molecule has 0 bridgehead atoms. The van der Waals surface area contributed by atoms with Crippen molar-refractivity contribution >= 4 is 28.3 Å². The van der Waals surface area contributed by atoms with E-state index in [9.17, 15) is 9.59 Å². The molecule has 4 rings (SSSR count). The van der Waals surface area contributed by atoms with E-state index in [1.807, 2.05) is 50.2 Å². The zero-order valence-electron chi connectivity index (χ0n) is 20.5. The van der Waals surface area contributed by atoms with Crippen LogP contribution in [0.4, 0.5) is 5.69 Å². The van der Waals surface area contributed by atoms with Crippen molar-refractivity contribution in [3.8, 4) is 0 Å². The highest BCUT2D eigenvalue weighted by molar-refractivity contribution is 5.99. The molecule has 7 heteroatoms. The Morgan fingerprint density at radius 2 is 1.69 bits per heavy atom. The number of nitrogens with zero attached hydrogens (tertiary/aromatic N) is 2. The molecular formula is C28H34N4O3. The molecule has 0 saturated carbocycles. The van der Waals surface area contributed by atoms with E-state index in [1.165, 1.54) is 0 Å². The first kappa shape index (κ1) is 24.9. The van der Waals surface area contributed by atoms with Gasteiger partial charge in [0.25, 0.3) is 5.91 Å². The first-order chi connectivity index (χ1) is 16.9. The maximum absolute atomic E-state index is 13.2. The molecule has 0 aliphatic carbocycles. The maximum Gasteiger partial charge on any atom is 0.252 e. The minimum absolute atomic E-state index is 0.0973. The average Bonchev–Trinajstić information content (AvgIpc) is 2.86. The van der Waals surface area contributed by atoms with Gasteiger partial charge in [-0.05, 0) is 47.9 Å². The highest BCUT2D eigenvalue weighted by Crippen LogP contribution is 2.25. The number of carbonyl (C=O) groups is 2. The van der Waals surface area contributed by atoms with E-state index < -0.39 is 0 Å². The summed E-state index contributed by atoms with van der Waals surface area (Å²) in [6.07, 6.45) is 0. The highest BCUT2D eigenvalue weighted by atomic mass is 16.3. The van der Waals surface area contributed by atoms with Crippen molar-refractivity contribution in [1.82, 2.24) is 15.1 Å². The van der Waals surface area contributed by atoms with Crippen LogP contribution < -0.4 is 10.6 Å². The minimum Gasteiger partial charge on any atom is -0.395 e. The fraction of sp³-hybridized carbons (Fsp3) is 0.357. The van der Waals surface area contributed by atoms with Crippen LogP contribution >= 0.6 is 0 Å². The van der Waals surface area contributed by atoms with Crippen LogP contribution in [0.3, 0.4) is 0 Å². The smallest absolute Gasteiger partial charge is 0.252 e. The molecule has 1 aliphatic rings. The molecule has 0 radical (unpaired) electrons. The Morgan fingerprint density at radius 3 is 2.46 bits per heavy atom. The number of hydrogen-bond donors (Lipinski definition) is 3.